The fraction of sp³-hybridized carbons (Fsp3) is 0.600. The lowest BCUT2D eigenvalue weighted by Gasteiger charge is -2.31. The second-order valence-corrected chi connectivity index (χ2v) is 3.89. The van der Waals surface area contributed by atoms with Gasteiger partial charge in [-0.2, -0.15) is 0 Å². The molecule has 0 amide bonds. The van der Waals surface area contributed by atoms with E-state index >= 15 is 0 Å². The maximum atomic E-state index is 9.59. The van der Waals surface area contributed by atoms with Gasteiger partial charge < -0.3 is 5.11 Å². The van der Waals surface area contributed by atoms with Gasteiger partial charge in [-0.1, -0.05) is 25.8 Å². The lowest BCUT2D eigenvalue weighted by molar-refractivity contribution is 0.117. The topological polar surface area (TPSA) is 20.2 Å². The quantitative estimate of drug-likeness (QED) is 0.412. The second kappa shape index (κ2) is 2.39. The molecule has 1 atom stereocenters. The first-order valence-corrected chi connectivity index (χ1v) is 3.88. The molecule has 1 N–H and O–H groups in total. The lowest BCUT2D eigenvalue weighted by Crippen LogP contribution is -2.30. The first kappa shape index (κ1) is 8.36. The molecule has 0 aromatic carbocycles. The molecule has 1 aliphatic rings. The third kappa shape index (κ3) is 1.85. The zero-order chi connectivity index (χ0) is 8.54. The van der Waals surface area contributed by atoms with Gasteiger partial charge in [-0.05, 0) is 24.3 Å². The van der Waals surface area contributed by atoms with Crippen molar-refractivity contribution in [3.05, 3.63) is 12.2 Å². The van der Waals surface area contributed by atoms with Crippen LogP contribution in [0.5, 0.6) is 0 Å². The Balaban J connectivity index is 2.80. The summed E-state index contributed by atoms with van der Waals surface area (Å²) in [5.74, 6) is 2.39. The summed E-state index contributed by atoms with van der Waals surface area (Å²) in [6, 6.07) is 0. The van der Waals surface area contributed by atoms with Crippen LogP contribution in [0.3, 0.4) is 0 Å². The van der Waals surface area contributed by atoms with Crippen LogP contribution in [-0.4, -0.2) is 10.7 Å². The van der Waals surface area contributed by atoms with Crippen LogP contribution in [0.1, 0.15) is 26.7 Å². The smallest absolute Gasteiger partial charge is 0.143 e. The first-order chi connectivity index (χ1) is 4.97. The number of hydrogen-bond donors (Lipinski definition) is 1. The molecule has 0 bridgehead atoms. The monoisotopic (exact) mass is 150 g/mol. The first-order valence-electron chi connectivity index (χ1n) is 3.88. The molecule has 0 spiro atoms. The molecule has 0 heterocycles. The van der Waals surface area contributed by atoms with Crippen molar-refractivity contribution in [1.29, 1.82) is 0 Å². The van der Waals surface area contributed by atoms with E-state index in [-0.39, 0.29) is 5.41 Å². The Morgan fingerprint density at radius 1 is 1.36 bits per heavy atom. The van der Waals surface area contributed by atoms with E-state index in [1.165, 1.54) is 0 Å². The fourth-order valence-corrected chi connectivity index (χ4v) is 1.16. The number of terminal acetylenes is 1. The Bertz CT molecular complexity index is 220. The molecular formula is C10H14O. The summed E-state index contributed by atoms with van der Waals surface area (Å²) in [7, 11) is 0. The molecule has 0 aromatic rings. The van der Waals surface area contributed by atoms with Gasteiger partial charge in [0.2, 0.25) is 0 Å². The molecule has 0 aromatic heterocycles. The van der Waals surface area contributed by atoms with Crippen molar-refractivity contribution < 1.29 is 5.11 Å². The highest BCUT2D eigenvalue weighted by Crippen LogP contribution is 2.33. The molecule has 1 aliphatic carbocycles. The highest BCUT2D eigenvalue weighted by molar-refractivity contribution is 5.23. The van der Waals surface area contributed by atoms with E-state index in [0.717, 1.165) is 6.42 Å². The van der Waals surface area contributed by atoms with Crippen molar-refractivity contribution in [1.82, 2.24) is 0 Å². The summed E-state index contributed by atoms with van der Waals surface area (Å²) in [5, 5.41) is 9.59. The minimum absolute atomic E-state index is 0.198. The SMILES string of the molecule is C#CC1(O)C=CC(C)(C)CC1. The maximum Gasteiger partial charge on any atom is 0.143 e. The number of rotatable bonds is 0. The Kier molecular flexibility index (Phi) is 1.82. The fourth-order valence-electron chi connectivity index (χ4n) is 1.16. The van der Waals surface area contributed by atoms with Gasteiger partial charge in [-0.3, -0.25) is 0 Å². The van der Waals surface area contributed by atoms with Gasteiger partial charge in [0.15, 0.2) is 0 Å². The number of hydrogen-bond acceptors (Lipinski definition) is 1. The average molecular weight is 150 g/mol. The van der Waals surface area contributed by atoms with Crippen molar-refractivity contribution in [2.24, 2.45) is 5.41 Å². The minimum atomic E-state index is -0.977. The van der Waals surface area contributed by atoms with Gasteiger partial charge in [0, 0.05) is 0 Å². The Morgan fingerprint density at radius 2 is 2.00 bits per heavy atom. The predicted octanol–water partition coefficient (Wildman–Crippen LogP) is 1.73. The van der Waals surface area contributed by atoms with E-state index in [0.29, 0.717) is 6.42 Å². The van der Waals surface area contributed by atoms with E-state index in [1.807, 2.05) is 6.08 Å². The zero-order valence-electron chi connectivity index (χ0n) is 7.09. The summed E-state index contributed by atoms with van der Waals surface area (Å²) >= 11 is 0. The van der Waals surface area contributed by atoms with Crippen molar-refractivity contribution >= 4 is 0 Å². The summed E-state index contributed by atoms with van der Waals surface area (Å²) in [4.78, 5) is 0. The third-order valence-electron chi connectivity index (χ3n) is 2.21. The highest BCUT2D eigenvalue weighted by atomic mass is 16.3. The van der Waals surface area contributed by atoms with Crippen LogP contribution >= 0.6 is 0 Å². The molecule has 0 fully saturated rings. The van der Waals surface area contributed by atoms with E-state index < -0.39 is 5.60 Å². The Morgan fingerprint density at radius 3 is 2.36 bits per heavy atom. The normalized spacial score (nSPS) is 34.7. The number of allylic oxidation sites excluding steroid dienone is 1. The lowest BCUT2D eigenvalue weighted by atomic mass is 9.77. The molecule has 0 saturated heterocycles. The molecule has 11 heavy (non-hydrogen) atoms. The van der Waals surface area contributed by atoms with E-state index in [1.54, 1.807) is 6.08 Å². The van der Waals surface area contributed by atoms with Crippen molar-refractivity contribution in [2.45, 2.75) is 32.3 Å². The van der Waals surface area contributed by atoms with Gasteiger partial charge in [0.1, 0.15) is 5.60 Å². The molecule has 0 aliphatic heterocycles. The van der Waals surface area contributed by atoms with Crippen molar-refractivity contribution in [3.8, 4) is 12.3 Å². The second-order valence-electron chi connectivity index (χ2n) is 3.89. The van der Waals surface area contributed by atoms with Crippen LogP contribution in [-0.2, 0) is 0 Å². The van der Waals surface area contributed by atoms with Gasteiger partial charge >= 0.3 is 0 Å². The van der Waals surface area contributed by atoms with E-state index in [9.17, 15) is 5.11 Å². The predicted molar refractivity (Wildman–Crippen MR) is 45.9 cm³/mol. The molecule has 1 unspecified atom stereocenters. The minimum Gasteiger partial charge on any atom is -0.374 e. The zero-order valence-corrected chi connectivity index (χ0v) is 7.09. The summed E-state index contributed by atoms with van der Waals surface area (Å²) in [6.07, 6.45) is 10.5. The van der Waals surface area contributed by atoms with Crippen LogP contribution in [0, 0.1) is 17.8 Å². The average Bonchev–Trinajstić information content (AvgIpc) is 1.97. The third-order valence-corrected chi connectivity index (χ3v) is 2.21. The van der Waals surface area contributed by atoms with Gasteiger partial charge in [0.05, 0.1) is 0 Å². The summed E-state index contributed by atoms with van der Waals surface area (Å²) in [5.41, 5.74) is -0.779. The van der Waals surface area contributed by atoms with E-state index in [2.05, 4.69) is 19.8 Å². The van der Waals surface area contributed by atoms with Gasteiger partial charge in [-0.15, -0.1) is 6.42 Å². The molecule has 1 rings (SSSR count). The van der Waals surface area contributed by atoms with Crippen LogP contribution in [0.15, 0.2) is 12.2 Å². The Labute approximate surface area is 68.1 Å². The van der Waals surface area contributed by atoms with E-state index in [4.69, 9.17) is 6.42 Å². The number of aliphatic hydroxyl groups is 1. The summed E-state index contributed by atoms with van der Waals surface area (Å²) in [6.45, 7) is 4.28. The Hall–Kier alpha value is -0.740. The molecule has 1 heteroatoms. The van der Waals surface area contributed by atoms with Crippen LogP contribution in [0.25, 0.3) is 0 Å². The molecular weight excluding hydrogens is 136 g/mol. The van der Waals surface area contributed by atoms with Crippen LogP contribution in [0.4, 0.5) is 0 Å². The molecule has 1 nitrogen and oxygen atoms in total. The van der Waals surface area contributed by atoms with Crippen LogP contribution in [0.2, 0.25) is 0 Å². The summed E-state index contributed by atoms with van der Waals surface area (Å²) < 4.78 is 0. The van der Waals surface area contributed by atoms with Crippen molar-refractivity contribution in [2.75, 3.05) is 0 Å². The molecule has 0 radical (unpaired) electrons. The van der Waals surface area contributed by atoms with Gasteiger partial charge in [-0.25, -0.2) is 0 Å². The van der Waals surface area contributed by atoms with Crippen LogP contribution < -0.4 is 0 Å². The standard InChI is InChI=1S/C10H14O/c1-4-10(11)7-5-9(2,3)6-8-10/h1,5,7,11H,6,8H2,2-3H3. The largest absolute Gasteiger partial charge is 0.374 e. The molecule has 60 valence electrons. The highest BCUT2D eigenvalue weighted by Gasteiger charge is 2.29. The van der Waals surface area contributed by atoms with Crippen molar-refractivity contribution in [3.63, 3.8) is 0 Å². The van der Waals surface area contributed by atoms with Gasteiger partial charge in [0.25, 0.3) is 0 Å². The maximum absolute atomic E-state index is 9.59. The molecule has 0 saturated carbocycles.